The molecule has 0 fully saturated rings. The van der Waals surface area contributed by atoms with Crippen LogP contribution in [0.3, 0.4) is 0 Å². The van der Waals surface area contributed by atoms with Crippen molar-refractivity contribution in [2.24, 2.45) is 0 Å². The Kier molecular flexibility index (Phi) is 6.31. The zero-order valence-corrected chi connectivity index (χ0v) is 16.6. The Morgan fingerprint density at radius 3 is 2.64 bits per heavy atom. The smallest absolute Gasteiger partial charge is 0.264 e. The van der Waals surface area contributed by atoms with Gasteiger partial charge in [-0.3, -0.25) is 9.59 Å². The Morgan fingerprint density at radius 2 is 1.96 bits per heavy atom. The van der Waals surface area contributed by atoms with Crippen molar-refractivity contribution in [1.82, 2.24) is 14.9 Å². The van der Waals surface area contributed by atoms with Gasteiger partial charge in [-0.05, 0) is 43.7 Å². The summed E-state index contributed by atoms with van der Waals surface area (Å²) < 4.78 is 5.85. The van der Waals surface area contributed by atoms with Crippen LogP contribution in [0, 0.1) is 0 Å². The third kappa shape index (κ3) is 4.51. The summed E-state index contributed by atoms with van der Waals surface area (Å²) in [5, 5.41) is 0.962. The number of hydrogen-bond donors (Lipinski definition) is 1. The lowest BCUT2D eigenvalue weighted by atomic mass is 10.2. The maximum atomic E-state index is 13.0. The number of carbonyl (C=O) groups excluding carboxylic acids is 1. The summed E-state index contributed by atoms with van der Waals surface area (Å²) in [5.41, 5.74) is 0.245. The van der Waals surface area contributed by atoms with E-state index in [1.165, 1.54) is 0 Å². The number of nitrogens with zero attached hydrogens (tertiary/aromatic N) is 2. The van der Waals surface area contributed by atoms with Crippen molar-refractivity contribution in [3.8, 4) is 5.75 Å². The second-order valence-corrected chi connectivity index (χ2v) is 6.79. The summed E-state index contributed by atoms with van der Waals surface area (Å²) in [5.74, 6) is 0.901. The minimum absolute atomic E-state index is 0.150. The maximum Gasteiger partial charge on any atom is 0.264 e. The lowest BCUT2D eigenvalue weighted by Crippen LogP contribution is -2.41. The lowest BCUT2D eigenvalue weighted by Gasteiger charge is -2.26. The van der Waals surface area contributed by atoms with Gasteiger partial charge in [-0.25, -0.2) is 4.98 Å². The molecule has 0 aliphatic rings. The first kappa shape index (κ1) is 19.9. The van der Waals surface area contributed by atoms with Crippen molar-refractivity contribution in [3.05, 3.63) is 69.7 Å². The van der Waals surface area contributed by atoms with Gasteiger partial charge < -0.3 is 14.6 Å². The van der Waals surface area contributed by atoms with Crippen LogP contribution in [-0.4, -0.2) is 33.4 Å². The fourth-order valence-corrected chi connectivity index (χ4v) is 3.10. The molecule has 3 rings (SSSR count). The predicted octanol–water partition coefficient (Wildman–Crippen LogP) is 3.78. The molecule has 1 atom stereocenters. The predicted molar refractivity (Wildman–Crippen MR) is 110 cm³/mol. The molecule has 1 N–H and O–H groups in total. The molecule has 0 unspecified atom stereocenters. The van der Waals surface area contributed by atoms with Crippen LogP contribution in [0.2, 0.25) is 5.02 Å². The number of ether oxygens (including phenoxy) is 1. The summed E-state index contributed by atoms with van der Waals surface area (Å²) in [6.07, 6.45) is -0.0782. The highest BCUT2D eigenvalue weighted by atomic mass is 35.5. The molecule has 1 amide bonds. The van der Waals surface area contributed by atoms with Crippen molar-refractivity contribution in [2.45, 2.75) is 32.9 Å². The van der Waals surface area contributed by atoms with Gasteiger partial charge in [0.05, 0.1) is 17.4 Å². The number of hydrogen-bond acceptors (Lipinski definition) is 4. The molecular formula is C21H22ClN3O3. The van der Waals surface area contributed by atoms with E-state index in [4.69, 9.17) is 16.3 Å². The highest BCUT2D eigenvalue weighted by Crippen LogP contribution is 2.17. The van der Waals surface area contributed by atoms with Crippen LogP contribution < -0.4 is 10.3 Å². The van der Waals surface area contributed by atoms with Gasteiger partial charge in [0.1, 0.15) is 11.6 Å². The number of fused-ring (bicyclic) bond motifs is 1. The number of aromatic nitrogens is 2. The number of likely N-dealkylation sites (N-methyl/N-ethyl adjacent to an activating group) is 1. The van der Waals surface area contributed by atoms with Gasteiger partial charge in [0, 0.05) is 11.6 Å². The van der Waals surface area contributed by atoms with Crippen LogP contribution >= 0.6 is 11.6 Å². The molecule has 2 aromatic carbocycles. The molecule has 3 aromatic rings. The van der Waals surface area contributed by atoms with E-state index < -0.39 is 6.10 Å². The van der Waals surface area contributed by atoms with Gasteiger partial charge in [0.15, 0.2) is 6.10 Å². The summed E-state index contributed by atoms with van der Waals surface area (Å²) in [4.78, 5) is 34.1. The minimum atomic E-state index is -0.607. The average molecular weight is 400 g/mol. The molecule has 7 heteroatoms. The Balaban J connectivity index is 1.81. The summed E-state index contributed by atoms with van der Waals surface area (Å²) in [6, 6.07) is 14.2. The SMILES string of the molecule is CC[C@@H](Oc1ccccc1)C(=O)N(CC)Cc1nc2cc(Cl)ccc2c(=O)[nH]1. The third-order valence-corrected chi connectivity index (χ3v) is 4.65. The van der Waals surface area contributed by atoms with Gasteiger partial charge in [-0.15, -0.1) is 0 Å². The molecule has 0 bridgehead atoms. The number of aromatic amines is 1. The van der Waals surface area contributed by atoms with E-state index >= 15 is 0 Å². The number of benzene rings is 2. The van der Waals surface area contributed by atoms with Gasteiger partial charge in [0.2, 0.25) is 0 Å². The quantitative estimate of drug-likeness (QED) is 0.656. The highest BCUT2D eigenvalue weighted by Gasteiger charge is 2.24. The molecule has 1 heterocycles. The van der Waals surface area contributed by atoms with Gasteiger partial charge in [-0.2, -0.15) is 0 Å². The van der Waals surface area contributed by atoms with E-state index in [0.717, 1.165) is 0 Å². The number of para-hydroxylation sites is 1. The number of halogens is 1. The Labute approximate surface area is 168 Å². The highest BCUT2D eigenvalue weighted by molar-refractivity contribution is 6.31. The molecule has 0 spiro atoms. The first-order valence-electron chi connectivity index (χ1n) is 9.20. The molecule has 28 heavy (non-hydrogen) atoms. The Bertz CT molecular complexity index is 1020. The number of nitrogens with one attached hydrogen (secondary N) is 1. The summed E-state index contributed by atoms with van der Waals surface area (Å²) >= 11 is 6.01. The van der Waals surface area contributed by atoms with Crippen LogP contribution in [0.5, 0.6) is 5.75 Å². The molecule has 0 aliphatic carbocycles. The summed E-state index contributed by atoms with van der Waals surface area (Å²) in [6.45, 7) is 4.42. The zero-order valence-electron chi connectivity index (χ0n) is 15.8. The van der Waals surface area contributed by atoms with Crippen molar-refractivity contribution in [3.63, 3.8) is 0 Å². The molecule has 146 valence electrons. The molecule has 0 aliphatic heterocycles. The van der Waals surface area contributed by atoms with Crippen molar-refractivity contribution in [2.75, 3.05) is 6.54 Å². The van der Waals surface area contributed by atoms with E-state index in [-0.39, 0.29) is 18.0 Å². The Hall–Kier alpha value is -2.86. The molecular weight excluding hydrogens is 378 g/mol. The molecule has 6 nitrogen and oxygen atoms in total. The number of H-pyrrole nitrogens is 1. The average Bonchev–Trinajstić information content (AvgIpc) is 2.70. The largest absolute Gasteiger partial charge is 0.481 e. The Morgan fingerprint density at radius 1 is 1.21 bits per heavy atom. The van der Waals surface area contributed by atoms with E-state index in [9.17, 15) is 9.59 Å². The summed E-state index contributed by atoms with van der Waals surface area (Å²) in [7, 11) is 0. The topological polar surface area (TPSA) is 75.3 Å². The van der Waals surface area contributed by atoms with Crippen LogP contribution in [0.15, 0.2) is 53.3 Å². The molecule has 1 aromatic heterocycles. The molecule has 0 saturated carbocycles. The number of amides is 1. The van der Waals surface area contributed by atoms with Gasteiger partial charge in [0.25, 0.3) is 11.5 Å². The van der Waals surface area contributed by atoms with Gasteiger partial charge in [-0.1, -0.05) is 36.7 Å². The van der Waals surface area contributed by atoms with Crippen LogP contribution in [-0.2, 0) is 11.3 Å². The van der Waals surface area contributed by atoms with E-state index in [1.807, 2.05) is 44.2 Å². The monoisotopic (exact) mass is 399 g/mol. The van der Waals surface area contributed by atoms with Crippen molar-refractivity contribution < 1.29 is 9.53 Å². The minimum Gasteiger partial charge on any atom is -0.481 e. The standard InChI is InChI=1S/C21H22ClN3O3/c1-3-18(28-15-8-6-5-7-9-15)21(27)25(4-2)13-19-23-17-12-14(22)10-11-16(17)20(26)24-19/h5-12,18H,3-4,13H2,1-2H3,(H,23,24,26)/t18-/m1/s1. The van der Waals surface area contributed by atoms with Crippen LogP contribution in [0.25, 0.3) is 10.9 Å². The van der Waals surface area contributed by atoms with Crippen LogP contribution in [0.4, 0.5) is 0 Å². The van der Waals surface area contributed by atoms with Crippen LogP contribution in [0.1, 0.15) is 26.1 Å². The third-order valence-electron chi connectivity index (χ3n) is 4.42. The fourth-order valence-electron chi connectivity index (χ4n) is 2.94. The first-order chi connectivity index (χ1) is 13.5. The van der Waals surface area contributed by atoms with E-state index in [1.54, 1.807) is 23.1 Å². The second kappa shape index (κ2) is 8.89. The molecule has 0 radical (unpaired) electrons. The van der Waals surface area contributed by atoms with E-state index in [0.29, 0.717) is 40.5 Å². The van der Waals surface area contributed by atoms with Crippen molar-refractivity contribution >= 4 is 28.4 Å². The first-order valence-corrected chi connectivity index (χ1v) is 9.58. The van der Waals surface area contributed by atoms with Crippen molar-refractivity contribution in [1.29, 1.82) is 0 Å². The fraction of sp³-hybridized carbons (Fsp3) is 0.286. The zero-order chi connectivity index (χ0) is 20.1. The molecule has 0 saturated heterocycles. The van der Waals surface area contributed by atoms with E-state index in [2.05, 4.69) is 9.97 Å². The number of rotatable bonds is 7. The maximum absolute atomic E-state index is 13.0. The normalized spacial score (nSPS) is 12.0. The lowest BCUT2D eigenvalue weighted by molar-refractivity contribution is -0.139. The second-order valence-electron chi connectivity index (χ2n) is 6.35. The van der Waals surface area contributed by atoms with Gasteiger partial charge >= 0.3 is 0 Å². The number of carbonyl (C=O) groups is 1.